The Morgan fingerprint density at radius 2 is 1.96 bits per heavy atom. The number of hydrogen-bond donors (Lipinski definition) is 1. The van der Waals surface area contributed by atoms with Crippen LogP contribution in [0.5, 0.6) is 11.5 Å². The number of methoxy groups -OCH3 is 1. The van der Waals surface area contributed by atoms with Crippen molar-refractivity contribution >= 4 is 0 Å². The molecular formula is C20H17NO3. The Hall–Kier alpha value is -3.19. The first-order chi connectivity index (χ1) is 11.6. The van der Waals surface area contributed by atoms with Crippen LogP contribution in [0.2, 0.25) is 0 Å². The molecule has 3 rings (SSSR count). The van der Waals surface area contributed by atoms with Crippen LogP contribution in [0.25, 0.3) is 22.4 Å². The minimum absolute atomic E-state index is 0.138. The SMILES string of the molecule is C#CCc1ccc(O)c(-c2noc(C)c2-c2ccc(OC)cc2)c1. The summed E-state index contributed by atoms with van der Waals surface area (Å²) >= 11 is 0. The van der Waals surface area contributed by atoms with E-state index in [1.54, 1.807) is 19.2 Å². The van der Waals surface area contributed by atoms with Gasteiger partial charge in [0.1, 0.15) is 23.0 Å². The van der Waals surface area contributed by atoms with Gasteiger partial charge in [-0.25, -0.2) is 0 Å². The first kappa shape index (κ1) is 15.7. The highest BCUT2D eigenvalue weighted by Gasteiger charge is 2.19. The number of benzene rings is 2. The van der Waals surface area contributed by atoms with Crippen molar-refractivity contribution in [2.24, 2.45) is 0 Å². The minimum Gasteiger partial charge on any atom is -0.507 e. The Morgan fingerprint density at radius 3 is 2.62 bits per heavy atom. The highest BCUT2D eigenvalue weighted by Crippen LogP contribution is 2.39. The molecular weight excluding hydrogens is 302 g/mol. The first-order valence-corrected chi connectivity index (χ1v) is 7.50. The molecule has 0 bridgehead atoms. The predicted octanol–water partition coefficient (Wildman–Crippen LogP) is 4.21. The molecule has 2 aromatic carbocycles. The summed E-state index contributed by atoms with van der Waals surface area (Å²) in [5, 5.41) is 14.4. The zero-order valence-electron chi connectivity index (χ0n) is 13.5. The summed E-state index contributed by atoms with van der Waals surface area (Å²) < 4.78 is 10.6. The molecule has 4 nitrogen and oxygen atoms in total. The average molecular weight is 319 g/mol. The van der Waals surface area contributed by atoms with Crippen LogP contribution in [-0.2, 0) is 6.42 Å². The van der Waals surface area contributed by atoms with Crippen LogP contribution in [0, 0.1) is 19.3 Å². The summed E-state index contributed by atoms with van der Waals surface area (Å²) in [5.74, 6) is 4.19. The van der Waals surface area contributed by atoms with Gasteiger partial charge in [-0.15, -0.1) is 12.3 Å². The first-order valence-electron chi connectivity index (χ1n) is 7.50. The maximum atomic E-state index is 10.3. The van der Waals surface area contributed by atoms with E-state index < -0.39 is 0 Å². The third-order valence-electron chi connectivity index (χ3n) is 3.86. The highest BCUT2D eigenvalue weighted by atomic mass is 16.5. The molecule has 0 fully saturated rings. The summed E-state index contributed by atoms with van der Waals surface area (Å²) in [4.78, 5) is 0. The summed E-state index contributed by atoms with van der Waals surface area (Å²) in [6.45, 7) is 1.85. The van der Waals surface area contributed by atoms with E-state index in [0.29, 0.717) is 23.4 Å². The van der Waals surface area contributed by atoms with Crippen LogP contribution in [0.3, 0.4) is 0 Å². The number of nitrogens with zero attached hydrogens (tertiary/aromatic N) is 1. The van der Waals surface area contributed by atoms with Crippen LogP contribution >= 0.6 is 0 Å². The van der Waals surface area contributed by atoms with Crippen LogP contribution in [-0.4, -0.2) is 17.4 Å². The van der Waals surface area contributed by atoms with E-state index in [9.17, 15) is 5.11 Å². The molecule has 0 aliphatic rings. The van der Waals surface area contributed by atoms with Crippen LogP contribution < -0.4 is 4.74 Å². The molecule has 0 unspecified atom stereocenters. The molecule has 0 saturated carbocycles. The number of terminal acetylenes is 1. The summed E-state index contributed by atoms with van der Waals surface area (Å²) in [7, 11) is 1.63. The Balaban J connectivity index is 2.13. The van der Waals surface area contributed by atoms with E-state index in [-0.39, 0.29) is 5.75 Å². The van der Waals surface area contributed by atoms with Crippen molar-refractivity contribution in [1.29, 1.82) is 0 Å². The van der Waals surface area contributed by atoms with Crippen molar-refractivity contribution in [3.05, 3.63) is 53.8 Å². The van der Waals surface area contributed by atoms with Gasteiger partial charge < -0.3 is 14.4 Å². The van der Waals surface area contributed by atoms with Gasteiger partial charge in [-0.05, 0) is 42.3 Å². The van der Waals surface area contributed by atoms with Crippen LogP contribution in [0.4, 0.5) is 0 Å². The van der Waals surface area contributed by atoms with Crippen molar-refractivity contribution in [2.75, 3.05) is 7.11 Å². The van der Waals surface area contributed by atoms with Gasteiger partial charge in [0.05, 0.1) is 12.7 Å². The molecule has 0 aliphatic carbocycles. The van der Waals surface area contributed by atoms with Gasteiger partial charge in [0.25, 0.3) is 0 Å². The molecule has 24 heavy (non-hydrogen) atoms. The molecule has 0 spiro atoms. The Kier molecular flexibility index (Phi) is 4.26. The average Bonchev–Trinajstić information content (AvgIpc) is 2.98. The van der Waals surface area contributed by atoms with Crippen LogP contribution in [0.1, 0.15) is 11.3 Å². The van der Waals surface area contributed by atoms with E-state index in [0.717, 1.165) is 22.4 Å². The zero-order chi connectivity index (χ0) is 17.1. The van der Waals surface area contributed by atoms with Gasteiger partial charge in [-0.3, -0.25) is 0 Å². The van der Waals surface area contributed by atoms with Gasteiger partial charge in [0.15, 0.2) is 0 Å². The lowest BCUT2D eigenvalue weighted by Gasteiger charge is -2.07. The highest BCUT2D eigenvalue weighted by molar-refractivity contribution is 5.84. The number of aromatic nitrogens is 1. The second kappa shape index (κ2) is 6.51. The normalized spacial score (nSPS) is 10.4. The largest absolute Gasteiger partial charge is 0.507 e. The van der Waals surface area contributed by atoms with Crippen molar-refractivity contribution in [3.63, 3.8) is 0 Å². The van der Waals surface area contributed by atoms with Gasteiger partial charge >= 0.3 is 0 Å². The molecule has 3 aromatic rings. The molecule has 1 N–H and O–H groups in total. The second-order valence-electron chi connectivity index (χ2n) is 5.42. The fourth-order valence-corrected chi connectivity index (χ4v) is 2.65. The topological polar surface area (TPSA) is 55.5 Å². The smallest absolute Gasteiger partial charge is 0.142 e. The van der Waals surface area contributed by atoms with Crippen LogP contribution in [0.15, 0.2) is 47.0 Å². The lowest BCUT2D eigenvalue weighted by Crippen LogP contribution is -1.89. The van der Waals surface area contributed by atoms with Crippen molar-refractivity contribution < 1.29 is 14.4 Å². The van der Waals surface area contributed by atoms with E-state index in [1.807, 2.05) is 37.3 Å². The summed E-state index contributed by atoms with van der Waals surface area (Å²) in [5.41, 5.74) is 3.91. The number of phenols is 1. The molecule has 1 heterocycles. The minimum atomic E-state index is 0.138. The zero-order valence-corrected chi connectivity index (χ0v) is 13.5. The van der Waals surface area contributed by atoms with E-state index in [4.69, 9.17) is 15.7 Å². The third kappa shape index (κ3) is 2.84. The monoisotopic (exact) mass is 319 g/mol. The number of hydrogen-bond acceptors (Lipinski definition) is 4. The number of rotatable bonds is 4. The quantitative estimate of drug-likeness (QED) is 0.732. The van der Waals surface area contributed by atoms with Crippen molar-refractivity contribution in [1.82, 2.24) is 5.16 Å². The molecule has 120 valence electrons. The fourth-order valence-electron chi connectivity index (χ4n) is 2.65. The molecule has 0 amide bonds. The number of ether oxygens (including phenoxy) is 1. The standard InChI is InChI=1S/C20H17NO3/c1-4-5-14-6-11-18(22)17(12-14)20-19(13(2)24-21-20)15-7-9-16(23-3)10-8-15/h1,6-12,22H,5H2,2-3H3. The number of aromatic hydroxyl groups is 1. The molecule has 0 saturated heterocycles. The van der Waals surface area contributed by atoms with Crippen molar-refractivity contribution in [3.8, 4) is 46.2 Å². The fraction of sp³-hybridized carbons (Fsp3) is 0.150. The summed E-state index contributed by atoms with van der Waals surface area (Å²) in [6, 6.07) is 12.9. The molecule has 0 radical (unpaired) electrons. The Labute approximate surface area is 140 Å². The van der Waals surface area contributed by atoms with Gasteiger partial charge in [0.2, 0.25) is 0 Å². The number of phenolic OH excluding ortho intramolecular Hbond substituents is 1. The van der Waals surface area contributed by atoms with E-state index >= 15 is 0 Å². The molecule has 0 atom stereocenters. The lowest BCUT2D eigenvalue weighted by molar-refractivity contribution is 0.399. The summed E-state index contributed by atoms with van der Waals surface area (Å²) in [6.07, 6.45) is 5.87. The maximum Gasteiger partial charge on any atom is 0.142 e. The van der Waals surface area contributed by atoms with E-state index in [2.05, 4.69) is 11.1 Å². The predicted molar refractivity (Wildman–Crippen MR) is 92.9 cm³/mol. The van der Waals surface area contributed by atoms with Gasteiger partial charge in [-0.2, -0.15) is 0 Å². The molecule has 1 aromatic heterocycles. The Morgan fingerprint density at radius 1 is 1.21 bits per heavy atom. The second-order valence-corrected chi connectivity index (χ2v) is 5.42. The third-order valence-corrected chi connectivity index (χ3v) is 3.86. The lowest BCUT2D eigenvalue weighted by atomic mass is 9.97. The maximum absolute atomic E-state index is 10.3. The van der Waals surface area contributed by atoms with E-state index in [1.165, 1.54) is 0 Å². The van der Waals surface area contributed by atoms with Gasteiger partial charge in [0, 0.05) is 12.0 Å². The van der Waals surface area contributed by atoms with Gasteiger partial charge in [-0.1, -0.05) is 23.4 Å². The Bertz CT molecular complexity index is 902. The van der Waals surface area contributed by atoms with Crippen molar-refractivity contribution in [2.45, 2.75) is 13.3 Å². The molecule has 0 aliphatic heterocycles. The number of aryl methyl sites for hydroxylation is 1. The molecule has 4 heteroatoms.